The van der Waals surface area contributed by atoms with Crippen LogP contribution in [-0.2, 0) is 4.79 Å². The first-order valence-electron chi connectivity index (χ1n) is 3.30. The first-order valence-corrected chi connectivity index (χ1v) is 3.71. The van der Waals surface area contributed by atoms with Crippen LogP contribution < -0.4 is 5.32 Å². The van der Waals surface area contributed by atoms with Crippen LogP contribution in [0.25, 0.3) is 0 Å². The highest BCUT2D eigenvalue weighted by Gasteiger charge is 2.35. The Kier molecular flexibility index (Phi) is 2.10. The van der Waals surface area contributed by atoms with Gasteiger partial charge in [0, 0.05) is 7.05 Å². The average molecular weight is 174 g/mol. The van der Waals surface area contributed by atoms with Gasteiger partial charge in [0.1, 0.15) is 6.04 Å². The van der Waals surface area contributed by atoms with Crippen molar-refractivity contribution in [2.24, 2.45) is 0 Å². The second-order valence-electron chi connectivity index (χ2n) is 2.57. The van der Waals surface area contributed by atoms with E-state index in [1.54, 1.807) is 14.0 Å². The summed E-state index contributed by atoms with van der Waals surface area (Å²) in [6.07, 6.45) is -0.703. The highest BCUT2D eigenvalue weighted by molar-refractivity contribution is 7.80. The van der Waals surface area contributed by atoms with Crippen LogP contribution in [-0.4, -0.2) is 40.2 Å². The maximum absolute atomic E-state index is 11.2. The molecule has 11 heavy (non-hydrogen) atoms. The zero-order chi connectivity index (χ0) is 8.59. The smallest absolute Gasteiger partial charge is 0.253 e. The molecule has 2 unspecified atom stereocenters. The van der Waals surface area contributed by atoms with Crippen LogP contribution in [0.15, 0.2) is 0 Å². The highest BCUT2D eigenvalue weighted by Crippen LogP contribution is 2.06. The van der Waals surface area contributed by atoms with Crippen LogP contribution in [0.5, 0.6) is 0 Å². The number of hydrogen-bond acceptors (Lipinski definition) is 3. The highest BCUT2D eigenvalue weighted by atomic mass is 32.1. The molecule has 0 aliphatic carbocycles. The molecule has 1 amide bonds. The van der Waals surface area contributed by atoms with E-state index in [0.717, 1.165) is 0 Å². The van der Waals surface area contributed by atoms with E-state index < -0.39 is 12.1 Å². The topological polar surface area (TPSA) is 52.6 Å². The lowest BCUT2D eigenvalue weighted by atomic mass is 10.2. The Morgan fingerprint density at radius 2 is 2.36 bits per heavy atom. The Balaban J connectivity index is 2.75. The van der Waals surface area contributed by atoms with E-state index in [9.17, 15) is 4.79 Å². The monoisotopic (exact) mass is 174 g/mol. The fourth-order valence-electron chi connectivity index (χ4n) is 0.927. The fraction of sp³-hybridized carbons (Fsp3) is 0.667. The summed E-state index contributed by atoms with van der Waals surface area (Å²) in [6.45, 7) is 1.55. The average Bonchev–Trinajstić information content (AvgIpc) is 2.17. The Labute approximate surface area is 70.2 Å². The molecule has 0 aromatic heterocycles. The van der Waals surface area contributed by atoms with E-state index in [0.29, 0.717) is 5.11 Å². The Morgan fingerprint density at radius 3 is 2.55 bits per heavy atom. The van der Waals surface area contributed by atoms with Gasteiger partial charge in [-0.25, -0.2) is 0 Å². The van der Waals surface area contributed by atoms with E-state index in [1.165, 1.54) is 4.90 Å². The van der Waals surface area contributed by atoms with Gasteiger partial charge >= 0.3 is 0 Å². The molecule has 1 aliphatic heterocycles. The summed E-state index contributed by atoms with van der Waals surface area (Å²) in [4.78, 5) is 12.5. The van der Waals surface area contributed by atoms with Crippen molar-refractivity contribution < 1.29 is 9.90 Å². The van der Waals surface area contributed by atoms with Crippen molar-refractivity contribution in [2.45, 2.75) is 19.1 Å². The Morgan fingerprint density at radius 1 is 1.82 bits per heavy atom. The van der Waals surface area contributed by atoms with Gasteiger partial charge < -0.3 is 10.4 Å². The molecule has 0 bridgehead atoms. The molecule has 62 valence electrons. The second kappa shape index (κ2) is 2.75. The molecular formula is C6H10N2O2S. The molecule has 1 saturated heterocycles. The number of likely N-dealkylation sites (N-methyl/N-ethyl adjacent to an activating group) is 1. The SMILES string of the molecule is CC(O)C1NC(=S)N(C)C1=O. The molecule has 4 nitrogen and oxygen atoms in total. The third-order valence-electron chi connectivity index (χ3n) is 1.66. The largest absolute Gasteiger partial charge is 0.391 e. The predicted octanol–water partition coefficient (Wildman–Crippen LogP) is -0.918. The van der Waals surface area contributed by atoms with Crippen LogP contribution >= 0.6 is 12.2 Å². The number of carbonyl (C=O) groups is 1. The van der Waals surface area contributed by atoms with Crippen molar-refractivity contribution in [1.82, 2.24) is 10.2 Å². The van der Waals surface area contributed by atoms with Gasteiger partial charge in [-0.05, 0) is 19.1 Å². The number of nitrogens with zero attached hydrogens (tertiary/aromatic N) is 1. The first-order chi connectivity index (χ1) is 5.04. The number of aliphatic hydroxyl groups excluding tert-OH is 1. The minimum absolute atomic E-state index is 0.176. The standard InChI is InChI=1S/C6H10N2O2S/c1-3(9)4-5(10)8(2)6(11)7-4/h3-4,9H,1-2H3,(H,7,11). The van der Waals surface area contributed by atoms with E-state index in [1.807, 2.05) is 0 Å². The van der Waals surface area contributed by atoms with E-state index in [4.69, 9.17) is 17.3 Å². The first kappa shape index (κ1) is 8.42. The Bertz CT molecular complexity index is 205. The van der Waals surface area contributed by atoms with Crippen LogP contribution in [0.3, 0.4) is 0 Å². The zero-order valence-electron chi connectivity index (χ0n) is 6.37. The molecule has 2 atom stereocenters. The third kappa shape index (κ3) is 1.34. The summed E-state index contributed by atoms with van der Waals surface area (Å²) in [5, 5.41) is 12.2. The van der Waals surface area contributed by atoms with Crippen LogP contribution in [0, 0.1) is 0 Å². The van der Waals surface area contributed by atoms with Crippen LogP contribution in [0.2, 0.25) is 0 Å². The Hall–Kier alpha value is -0.680. The maximum Gasteiger partial charge on any atom is 0.253 e. The molecular weight excluding hydrogens is 164 g/mol. The number of rotatable bonds is 1. The van der Waals surface area contributed by atoms with Crippen LogP contribution in [0.1, 0.15) is 6.92 Å². The molecule has 1 heterocycles. The summed E-state index contributed by atoms with van der Waals surface area (Å²) < 4.78 is 0. The normalized spacial score (nSPS) is 27.2. The fourth-order valence-corrected chi connectivity index (χ4v) is 1.14. The number of carbonyl (C=O) groups excluding carboxylic acids is 1. The number of aliphatic hydroxyl groups is 1. The van der Waals surface area contributed by atoms with Crippen molar-refractivity contribution in [2.75, 3.05) is 7.05 Å². The zero-order valence-corrected chi connectivity index (χ0v) is 7.18. The molecule has 1 aliphatic rings. The van der Waals surface area contributed by atoms with E-state index in [2.05, 4.69) is 5.32 Å². The van der Waals surface area contributed by atoms with Crippen molar-refractivity contribution in [3.63, 3.8) is 0 Å². The van der Waals surface area contributed by atoms with Gasteiger partial charge in [0.15, 0.2) is 5.11 Å². The van der Waals surface area contributed by atoms with Crippen molar-refractivity contribution in [3.8, 4) is 0 Å². The number of hydrogen-bond donors (Lipinski definition) is 2. The van der Waals surface area contributed by atoms with Crippen molar-refractivity contribution in [1.29, 1.82) is 0 Å². The van der Waals surface area contributed by atoms with Gasteiger partial charge in [-0.3, -0.25) is 9.69 Å². The molecule has 5 heteroatoms. The summed E-state index contributed by atoms with van der Waals surface area (Å²) in [6, 6.07) is -0.563. The van der Waals surface area contributed by atoms with Gasteiger partial charge in [0.2, 0.25) is 0 Å². The molecule has 1 rings (SSSR count). The van der Waals surface area contributed by atoms with Gasteiger partial charge in [-0.2, -0.15) is 0 Å². The number of nitrogens with one attached hydrogen (secondary N) is 1. The molecule has 2 N–H and O–H groups in total. The van der Waals surface area contributed by atoms with Gasteiger partial charge in [0.05, 0.1) is 6.10 Å². The third-order valence-corrected chi connectivity index (χ3v) is 2.05. The number of thiocarbonyl (C=S) groups is 1. The van der Waals surface area contributed by atoms with Crippen molar-refractivity contribution in [3.05, 3.63) is 0 Å². The molecule has 0 radical (unpaired) electrons. The van der Waals surface area contributed by atoms with E-state index in [-0.39, 0.29) is 5.91 Å². The molecule has 0 spiro atoms. The molecule has 0 saturated carbocycles. The second-order valence-corrected chi connectivity index (χ2v) is 2.95. The van der Waals surface area contributed by atoms with Gasteiger partial charge in [-0.1, -0.05) is 0 Å². The number of amides is 1. The van der Waals surface area contributed by atoms with Gasteiger partial charge in [-0.15, -0.1) is 0 Å². The lowest BCUT2D eigenvalue weighted by molar-refractivity contribution is -0.128. The van der Waals surface area contributed by atoms with Crippen LogP contribution in [0.4, 0.5) is 0 Å². The molecule has 1 fully saturated rings. The quantitative estimate of drug-likeness (QED) is 0.505. The lowest BCUT2D eigenvalue weighted by Gasteiger charge is -2.10. The van der Waals surface area contributed by atoms with Crippen molar-refractivity contribution >= 4 is 23.2 Å². The molecule has 0 aromatic rings. The van der Waals surface area contributed by atoms with Gasteiger partial charge in [0.25, 0.3) is 5.91 Å². The summed E-state index contributed by atoms with van der Waals surface area (Å²) in [5.41, 5.74) is 0. The minimum Gasteiger partial charge on any atom is -0.391 e. The summed E-state index contributed by atoms with van der Waals surface area (Å²) >= 11 is 4.80. The lowest BCUT2D eigenvalue weighted by Crippen LogP contribution is -2.38. The van der Waals surface area contributed by atoms with E-state index >= 15 is 0 Å². The predicted molar refractivity (Wildman–Crippen MR) is 44.0 cm³/mol. The minimum atomic E-state index is -0.703. The maximum atomic E-state index is 11.2. The molecule has 0 aromatic carbocycles. The summed E-state index contributed by atoms with van der Waals surface area (Å²) in [7, 11) is 1.58. The summed E-state index contributed by atoms with van der Waals surface area (Å²) in [5.74, 6) is -0.176.